The standard InChI is InChI=1S/C10H15F6N6O/c1-17(2)8(18(3)4)19-7-5-6-9(11,12)20(14)10(7,13)22(16,23)21(19)15/h5H,6H2,1-4H3/q+1. The monoisotopic (exact) mass is 349 g/mol. The third kappa shape index (κ3) is 2.10. The second-order valence-electron chi connectivity index (χ2n) is 5.47. The lowest BCUT2D eigenvalue weighted by molar-refractivity contribution is -1.18. The van der Waals surface area contributed by atoms with Crippen LogP contribution < -0.4 is 0 Å². The van der Waals surface area contributed by atoms with Gasteiger partial charge in [-0.3, -0.25) is 9.48 Å². The lowest BCUT2D eigenvalue weighted by atomic mass is 10.1. The van der Waals surface area contributed by atoms with E-state index in [9.17, 15) is 31.8 Å². The van der Waals surface area contributed by atoms with Crippen LogP contribution in [0, 0.1) is 5.21 Å². The largest absolute Gasteiger partial charge is 0.563 e. The fraction of sp³-hybridized carbons (Fsp3) is 0.700. The fourth-order valence-corrected chi connectivity index (χ4v) is 2.49. The predicted octanol–water partition coefficient (Wildman–Crippen LogP) is 1.40. The molecule has 2 heterocycles. The van der Waals surface area contributed by atoms with Crippen molar-refractivity contribution in [3.05, 3.63) is 17.0 Å². The van der Waals surface area contributed by atoms with Crippen molar-refractivity contribution in [3.63, 3.8) is 0 Å². The molecule has 23 heavy (non-hydrogen) atoms. The maximum absolute atomic E-state index is 14.7. The van der Waals surface area contributed by atoms with Crippen LogP contribution in [0.15, 0.2) is 11.8 Å². The number of nitrogens with zero attached hydrogens (tertiary/aromatic N) is 6. The van der Waals surface area contributed by atoms with Gasteiger partial charge < -0.3 is 5.21 Å². The van der Waals surface area contributed by atoms with Gasteiger partial charge in [-0.1, -0.05) is 5.01 Å². The normalized spacial score (nSPS) is 34.2. The molecule has 2 unspecified atom stereocenters. The minimum Gasteiger partial charge on any atom is -0.563 e. The van der Waals surface area contributed by atoms with Crippen molar-refractivity contribution in [2.75, 3.05) is 28.2 Å². The molecule has 2 rings (SSSR count). The lowest BCUT2D eigenvalue weighted by Crippen LogP contribution is -2.65. The third-order valence-electron chi connectivity index (χ3n) is 3.37. The molecule has 0 amide bonds. The average Bonchev–Trinajstić information content (AvgIpc) is 2.54. The van der Waals surface area contributed by atoms with Crippen LogP contribution in [-0.4, -0.2) is 76.0 Å². The summed E-state index contributed by atoms with van der Waals surface area (Å²) in [6.45, 7) is 0. The van der Waals surface area contributed by atoms with Gasteiger partial charge >= 0.3 is 17.9 Å². The van der Waals surface area contributed by atoms with Crippen LogP contribution in [0.2, 0.25) is 0 Å². The molecule has 2 aliphatic heterocycles. The number of halogens is 6. The van der Waals surface area contributed by atoms with Crippen molar-refractivity contribution in [3.8, 4) is 0 Å². The molecule has 7 nitrogen and oxygen atoms in total. The highest BCUT2D eigenvalue weighted by Crippen LogP contribution is 2.54. The summed E-state index contributed by atoms with van der Waals surface area (Å²) in [5.74, 6) is -4.93. The van der Waals surface area contributed by atoms with Crippen molar-refractivity contribution in [1.82, 2.24) is 20.4 Å². The molecule has 0 aromatic heterocycles. The Labute approximate surface area is 127 Å². The van der Waals surface area contributed by atoms with Crippen molar-refractivity contribution in [2.45, 2.75) is 18.4 Å². The van der Waals surface area contributed by atoms with Crippen molar-refractivity contribution >= 4 is 5.96 Å². The molecule has 0 N–H and O–H groups in total. The summed E-state index contributed by atoms with van der Waals surface area (Å²) < 4.78 is 84.6. The number of guanidine groups is 1. The number of alkyl halides is 3. The van der Waals surface area contributed by atoms with Gasteiger partial charge in [0.25, 0.3) is 0 Å². The molecular weight excluding hydrogens is 334 g/mol. The zero-order chi connectivity index (χ0) is 18.0. The highest BCUT2D eigenvalue weighted by molar-refractivity contribution is 5.76. The van der Waals surface area contributed by atoms with Gasteiger partial charge in [-0.2, -0.15) is 8.78 Å². The van der Waals surface area contributed by atoms with Gasteiger partial charge in [-0.25, -0.2) is 0 Å². The van der Waals surface area contributed by atoms with Gasteiger partial charge in [0.1, 0.15) is 0 Å². The second-order valence-corrected chi connectivity index (χ2v) is 5.47. The zero-order valence-electron chi connectivity index (χ0n) is 12.6. The summed E-state index contributed by atoms with van der Waals surface area (Å²) in [7, 11) is 5.41. The van der Waals surface area contributed by atoms with Crippen LogP contribution in [0.5, 0.6) is 0 Å². The lowest BCUT2D eigenvalue weighted by Gasteiger charge is -2.37. The van der Waals surface area contributed by atoms with Crippen LogP contribution in [0.25, 0.3) is 0 Å². The average molecular weight is 349 g/mol. The van der Waals surface area contributed by atoms with E-state index in [4.69, 9.17) is 0 Å². The minimum atomic E-state index is -4.63. The van der Waals surface area contributed by atoms with Crippen molar-refractivity contribution in [2.24, 2.45) is 0 Å². The molecule has 0 radical (unpaired) electrons. The highest BCUT2D eigenvalue weighted by Gasteiger charge is 2.82. The Balaban J connectivity index is 2.71. The number of hydrogen-bond donors (Lipinski definition) is 0. The number of rotatable bonds is 0. The van der Waals surface area contributed by atoms with Gasteiger partial charge in [0.15, 0.2) is 0 Å². The first-order valence-corrected chi connectivity index (χ1v) is 6.31. The molecule has 132 valence electrons. The Morgan fingerprint density at radius 2 is 1.83 bits per heavy atom. The van der Waals surface area contributed by atoms with E-state index in [1.54, 1.807) is 0 Å². The van der Waals surface area contributed by atoms with Crippen molar-refractivity contribution < 1.29 is 36.2 Å². The van der Waals surface area contributed by atoms with E-state index in [-0.39, 0.29) is 11.0 Å². The van der Waals surface area contributed by atoms with E-state index in [1.807, 2.05) is 0 Å². The van der Waals surface area contributed by atoms with Crippen molar-refractivity contribution in [1.29, 1.82) is 0 Å². The van der Waals surface area contributed by atoms with E-state index in [1.165, 1.54) is 28.2 Å². The number of hydrazine groups is 1. The smallest absolute Gasteiger partial charge is 0.450 e. The Morgan fingerprint density at radius 3 is 2.26 bits per heavy atom. The van der Waals surface area contributed by atoms with Crippen LogP contribution in [0.3, 0.4) is 0 Å². The molecule has 0 aromatic rings. The maximum atomic E-state index is 14.7. The van der Waals surface area contributed by atoms with Gasteiger partial charge in [-0.15, -0.1) is 8.87 Å². The summed E-state index contributed by atoms with van der Waals surface area (Å²) in [4.78, 5) is -3.02. The summed E-state index contributed by atoms with van der Waals surface area (Å²) in [6, 6.07) is -4.51. The molecule has 0 saturated carbocycles. The van der Waals surface area contributed by atoms with E-state index in [0.717, 1.165) is 9.48 Å². The maximum Gasteiger partial charge on any atom is 0.450 e. The first kappa shape index (κ1) is 17.8. The van der Waals surface area contributed by atoms with Crippen LogP contribution >= 0.6 is 0 Å². The molecule has 1 fully saturated rings. The van der Waals surface area contributed by atoms with E-state index < -0.39 is 39.5 Å². The highest BCUT2D eigenvalue weighted by atomic mass is 19.3. The van der Waals surface area contributed by atoms with Crippen LogP contribution in [0.1, 0.15) is 6.42 Å². The topological polar surface area (TPSA) is 39.0 Å². The molecule has 0 bridgehead atoms. The number of hydrogen-bond acceptors (Lipinski definition) is 3. The summed E-state index contributed by atoms with van der Waals surface area (Å²) in [6.07, 6.45) is -0.990. The Morgan fingerprint density at radius 1 is 1.30 bits per heavy atom. The van der Waals surface area contributed by atoms with E-state index in [2.05, 4.69) is 0 Å². The SMILES string of the molecule is CN(C)C(N1C2=CCC(F)(F)N(F)C2(F)[N+]([O-])(F)N1F)=[N+](C)C. The summed E-state index contributed by atoms with van der Waals surface area (Å²) in [5.41, 5.74) is -1.23. The first-order chi connectivity index (χ1) is 10.3. The molecular formula is C10H15F6N6O+. The molecule has 2 atom stereocenters. The van der Waals surface area contributed by atoms with Gasteiger partial charge in [0, 0.05) is 14.6 Å². The van der Waals surface area contributed by atoms with Gasteiger partial charge in [0.05, 0.1) is 34.6 Å². The van der Waals surface area contributed by atoms with Gasteiger partial charge in [0.2, 0.25) is 11.0 Å². The van der Waals surface area contributed by atoms with Crippen LogP contribution in [-0.2, 0) is 0 Å². The molecule has 0 spiro atoms. The Kier molecular flexibility index (Phi) is 3.83. The van der Waals surface area contributed by atoms with Crippen LogP contribution in [0.4, 0.5) is 26.6 Å². The quantitative estimate of drug-likeness (QED) is 0.126. The molecule has 0 aromatic carbocycles. The molecule has 0 aliphatic carbocycles. The third-order valence-corrected chi connectivity index (χ3v) is 3.37. The number of fused-ring (bicyclic) bond motifs is 1. The van der Waals surface area contributed by atoms with Gasteiger partial charge in [-0.05, 0) is 10.6 Å². The second kappa shape index (κ2) is 4.96. The van der Waals surface area contributed by atoms with E-state index in [0.29, 0.717) is 6.08 Å². The zero-order valence-corrected chi connectivity index (χ0v) is 12.6. The molecule has 2 aliphatic rings. The Hall–Kier alpha value is -1.57. The first-order valence-electron chi connectivity index (χ1n) is 6.31. The number of hydroxylamine groups is 1. The number of quaternary nitrogens is 1. The fourth-order valence-electron chi connectivity index (χ4n) is 2.49. The molecule has 13 heteroatoms. The Bertz CT molecular complexity index is 576. The molecule has 1 saturated heterocycles. The predicted molar refractivity (Wildman–Crippen MR) is 64.8 cm³/mol. The van der Waals surface area contributed by atoms with E-state index >= 15 is 0 Å². The summed E-state index contributed by atoms with van der Waals surface area (Å²) in [5, 5.41) is 8.51. The minimum absolute atomic E-state index is 0.0643. The summed E-state index contributed by atoms with van der Waals surface area (Å²) >= 11 is 0.